The molecule has 1 fully saturated rings. The van der Waals surface area contributed by atoms with Crippen molar-refractivity contribution in [1.82, 2.24) is 9.80 Å². The van der Waals surface area contributed by atoms with Crippen molar-refractivity contribution in [2.24, 2.45) is 5.92 Å². The van der Waals surface area contributed by atoms with Crippen LogP contribution in [0.4, 0.5) is 5.69 Å². The molecule has 3 aliphatic heterocycles. The predicted molar refractivity (Wildman–Crippen MR) is 139 cm³/mol. The summed E-state index contributed by atoms with van der Waals surface area (Å²) in [6.45, 7) is 0.757. The van der Waals surface area contributed by atoms with Crippen LogP contribution in [0.25, 0.3) is 11.1 Å². The number of ether oxygens (including phenoxy) is 2. The van der Waals surface area contributed by atoms with Gasteiger partial charge in [-0.05, 0) is 65.6 Å². The van der Waals surface area contributed by atoms with E-state index in [1.54, 1.807) is 37.2 Å². The average molecular weight is 500 g/mol. The second kappa shape index (κ2) is 9.12. The van der Waals surface area contributed by atoms with Crippen molar-refractivity contribution in [1.29, 1.82) is 0 Å². The number of hydrogen-bond donors (Lipinski definition) is 2. The van der Waals surface area contributed by atoms with E-state index in [0.29, 0.717) is 29.2 Å². The molecule has 0 saturated carbocycles. The van der Waals surface area contributed by atoms with Crippen LogP contribution in [0.1, 0.15) is 38.7 Å². The molecule has 190 valence electrons. The van der Waals surface area contributed by atoms with Gasteiger partial charge in [0.05, 0.1) is 18.7 Å². The minimum absolute atomic E-state index is 0.00419. The van der Waals surface area contributed by atoms with Crippen molar-refractivity contribution in [3.05, 3.63) is 77.4 Å². The summed E-state index contributed by atoms with van der Waals surface area (Å²) in [5, 5.41) is 13.6. The van der Waals surface area contributed by atoms with Crippen molar-refractivity contribution in [3.63, 3.8) is 0 Å². The molecule has 0 unspecified atom stereocenters. The number of hydrogen-bond acceptors (Lipinski definition) is 6. The van der Waals surface area contributed by atoms with Crippen LogP contribution in [0, 0.1) is 5.92 Å². The van der Waals surface area contributed by atoms with E-state index in [-0.39, 0.29) is 43.2 Å². The molecular formula is C29H29N3O5. The molecule has 0 aromatic heterocycles. The number of nitrogens with zero attached hydrogens (tertiary/aromatic N) is 2. The number of anilines is 1. The SMILES string of the molecule is CN(C)C(=O)c1ccc(-c2ccc3c(c2)[C@H]2[C@H](CCN2C(=O)c2ccc4c(c2)OCO4)[C@@H](CO)N3)cc1. The largest absolute Gasteiger partial charge is 0.454 e. The lowest BCUT2D eigenvalue weighted by molar-refractivity contribution is 0.0700. The third kappa shape index (κ3) is 3.97. The Morgan fingerprint density at radius 1 is 0.973 bits per heavy atom. The van der Waals surface area contributed by atoms with E-state index in [9.17, 15) is 14.7 Å². The number of aliphatic hydroxyl groups excluding tert-OH is 1. The lowest BCUT2D eigenvalue weighted by Gasteiger charge is -2.39. The molecule has 8 heteroatoms. The highest BCUT2D eigenvalue weighted by atomic mass is 16.7. The molecule has 1 saturated heterocycles. The molecule has 0 spiro atoms. The fraction of sp³-hybridized carbons (Fsp3) is 0.310. The smallest absolute Gasteiger partial charge is 0.254 e. The highest BCUT2D eigenvalue weighted by Gasteiger charge is 2.46. The van der Waals surface area contributed by atoms with E-state index in [4.69, 9.17) is 9.47 Å². The Bertz CT molecular complexity index is 1370. The lowest BCUT2D eigenvalue weighted by Crippen LogP contribution is -2.42. The monoisotopic (exact) mass is 499 g/mol. The average Bonchev–Trinajstić information content (AvgIpc) is 3.59. The van der Waals surface area contributed by atoms with E-state index in [1.165, 1.54) is 0 Å². The molecule has 2 amide bonds. The number of aliphatic hydroxyl groups is 1. The van der Waals surface area contributed by atoms with Crippen LogP contribution in [-0.4, -0.2) is 66.8 Å². The molecule has 2 N–H and O–H groups in total. The van der Waals surface area contributed by atoms with Gasteiger partial charge in [-0.1, -0.05) is 18.2 Å². The fourth-order valence-electron chi connectivity index (χ4n) is 5.73. The number of carbonyl (C=O) groups is 2. The number of amides is 2. The van der Waals surface area contributed by atoms with Crippen molar-refractivity contribution >= 4 is 17.5 Å². The Balaban J connectivity index is 1.35. The van der Waals surface area contributed by atoms with E-state index in [1.807, 2.05) is 41.3 Å². The maximum absolute atomic E-state index is 13.7. The summed E-state index contributed by atoms with van der Waals surface area (Å²) in [6, 6.07) is 18.8. The number of likely N-dealkylation sites (tertiary alicyclic amines) is 1. The number of nitrogens with one attached hydrogen (secondary N) is 1. The van der Waals surface area contributed by atoms with Gasteiger partial charge in [-0.3, -0.25) is 9.59 Å². The molecule has 3 aromatic rings. The molecule has 6 rings (SSSR count). The predicted octanol–water partition coefficient (Wildman–Crippen LogP) is 3.77. The third-order valence-electron chi connectivity index (χ3n) is 7.62. The Kier molecular flexibility index (Phi) is 5.76. The van der Waals surface area contributed by atoms with E-state index >= 15 is 0 Å². The number of fused-ring (bicyclic) bond motifs is 4. The van der Waals surface area contributed by atoms with Gasteiger partial charge < -0.3 is 29.7 Å². The van der Waals surface area contributed by atoms with E-state index in [2.05, 4.69) is 11.4 Å². The summed E-state index contributed by atoms with van der Waals surface area (Å²) >= 11 is 0. The molecule has 0 aliphatic carbocycles. The first-order valence-electron chi connectivity index (χ1n) is 12.5. The summed E-state index contributed by atoms with van der Waals surface area (Å²) in [5.41, 5.74) is 5.15. The number of carbonyl (C=O) groups excluding carboxylic acids is 2. The highest BCUT2D eigenvalue weighted by molar-refractivity contribution is 5.96. The van der Waals surface area contributed by atoms with Crippen LogP contribution >= 0.6 is 0 Å². The molecule has 8 nitrogen and oxygen atoms in total. The standard InChI is InChI=1S/C29H29N3O5/c1-31(2)28(34)18-5-3-17(4-6-18)19-7-9-23-22(13-19)27-21(24(15-33)30-23)11-12-32(27)29(35)20-8-10-25-26(14-20)37-16-36-25/h3-10,13-14,21,24,27,30,33H,11-12,15-16H2,1-2H3/t21-,24-,27-/m1/s1. The summed E-state index contributed by atoms with van der Waals surface area (Å²) in [5.74, 6) is 1.21. The molecule has 37 heavy (non-hydrogen) atoms. The summed E-state index contributed by atoms with van der Waals surface area (Å²) in [7, 11) is 3.47. The summed E-state index contributed by atoms with van der Waals surface area (Å²) in [4.78, 5) is 29.5. The van der Waals surface area contributed by atoms with Crippen molar-refractivity contribution < 1.29 is 24.2 Å². The topological polar surface area (TPSA) is 91.3 Å². The molecule has 3 aromatic carbocycles. The van der Waals surface area contributed by atoms with Gasteiger partial charge in [0.25, 0.3) is 11.8 Å². The van der Waals surface area contributed by atoms with Crippen LogP contribution in [0.5, 0.6) is 11.5 Å². The third-order valence-corrected chi connectivity index (χ3v) is 7.62. The Hall–Kier alpha value is -4.04. The maximum Gasteiger partial charge on any atom is 0.254 e. The number of benzene rings is 3. The lowest BCUT2D eigenvalue weighted by atomic mass is 9.82. The zero-order valence-corrected chi connectivity index (χ0v) is 20.8. The van der Waals surface area contributed by atoms with Crippen LogP contribution in [0.3, 0.4) is 0 Å². The van der Waals surface area contributed by atoms with Crippen LogP contribution in [-0.2, 0) is 0 Å². The van der Waals surface area contributed by atoms with Gasteiger partial charge >= 0.3 is 0 Å². The van der Waals surface area contributed by atoms with Crippen molar-refractivity contribution in [2.45, 2.75) is 18.5 Å². The van der Waals surface area contributed by atoms with Gasteiger partial charge in [-0.2, -0.15) is 0 Å². The normalized spacial score (nSPS) is 21.2. The molecule has 3 aliphatic rings. The first-order valence-corrected chi connectivity index (χ1v) is 12.5. The molecule has 3 heterocycles. The second-order valence-electron chi connectivity index (χ2n) is 9.98. The van der Waals surface area contributed by atoms with Crippen molar-refractivity contribution in [3.8, 4) is 22.6 Å². The molecule has 3 atom stereocenters. The number of rotatable bonds is 4. The second-order valence-corrected chi connectivity index (χ2v) is 9.98. The minimum atomic E-state index is -0.166. The zero-order chi connectivity index (χ0) is 25.7. The van der Waals surface area contributed by atoms with Crippen LogP contribution in [0.2, 0.25) is 0 Å². The van der Waals surface area contributed by atoms with Gasteiger partial charge in [0.2, 0.25) is 6.79 Å². The Labute approximate surface area is 215 Å². The molecule has 0 radical (unpaired) electrons. The van der Waals surface area contributed by atoms with Gasteiger partial charge in [-0.25, -0.2) is 0 Å². The zero-order valence-electron chi connectivity index (χ0n) is 20.8. The van der Waals surface area contributed by atoms with Crippen LogP contribution < -0.4 is 14.8 Å². The Morgan fingerprint density at radius 2 is 1.70 bits per heavy atom. The molecule has 0 bridgehead atoms. The summed E-state index contributed by atoms with van der Waals surface area (Å²) in [6.07, 6.45) is 0.796. The first kappa shape index (κ1) is 23.4. The van der Waals surface area contributed by atoms with Gasteiger partial charge in [0.15, 0.2) is 11.5 Å². The molecular weight excluding hydrogens is 470 g/mol. The minimum Gasteiger partial charge on any atom is -0.454 e. The quantitative estimate of drug-likeness (QED) is 0.568. The highest BCUT2D eigenvalue weighted by Crippen LogP contribution is 2.48. The van der Waals surface area contributed by atoms with E-state index in [0.717, 1.165) is 28.8 Å². The van der Waals surface area contributed by atoms with Gasteiger partial charge in [-0.15, -0.1) is 0 Å². The maximum atomic E-state index is 13.7. The van der Waals surface area contributed by atoms with Gasteiger partial charge in [0, 0.05) is 43.4 Å². The van der Waals surface area contributed by atoms with E-state index < -0.39 is 0 Å². The van der Waals surface area contributed by atoms with Crippen molar-refractivity contribution in [2.75, 3.05) is 39.4 Å². The summed E-state index contributed by atoms with van der Waals surface area (Å²) < 4.78 is 10.9. The van der Waals surface area contributed by atoms with Gasteiger partial charge in [0.1, 0.15) is 0 Å². The van der Waals surface area contributed by atoms with Crippen LogP contribution in [0.15, 0.2) is 60.7 Å². The first-order chi connectivity index (χ1) is 17.9. The fourth-order valence-corrected chi connectivity index (χ4v) is 5.73. The Morgan fingerprint density at radius 3 is 2.46 bits per heavy atom.